The van der Waals surface area contributed by atoms with Gasteiger partial charge in [0.25, 0.3) is 10.0 Å². The highest BCUT2D eigenvalue weighted by Crippen LogP contribution is 2.42. The van der Waals surface area contributed by atoms with E-state index in [0.717, 1.165) is 10.0 Å². The second-order valence-corrected chi connectivity index (χ2v) is 6.30. The van der Waals surface area contributed by atoms with Gasteiger partial charge in [-0.1, -0.05) is 41.9 Å². The molecule has 1 heterocycles. The minimum atomic E-state index is -3.60. The molecule has 1 unspecified atom stereocenters. The van der Waals surface area contributed by atoms with E-state index < -0.39 is 16.3 Å². The topological polar surface area (TPSA) is 49.7 Å². The quantitative estimate of drug-likeness (QED) is 0.818. The molecule has 98 valence electrons. The highest BCUT2D eigenvalue weighted by molar-refractivity contribution is 7.89. The number of hydrogen-bond donors (Lipinski definition) is 0. The largest absolute Gasteiger partial charge is 0.267 e. The summed E-state index contributed by atoms with van der Waals surface area (Å²) in [6.45, 7) is 0. The molecule has 19 heavy (non-hydrogen) atoms. The summed E-state index contributed by atoms with van der Waals surface area (Å²) in [4.78, 5) is 5.38. The van der Waals surface area contributed by atoms with Gasteiger partial charge in [0.15, 0.2) is 6.23 Å². The zero-order chi connectivity index (χ0) is 13.5. The van der Waals surface area contributed by atoms with Crippen LogP contribution in [0.3, 0.4) is 0 Å². The maximum atomic E-state index is 12.2. The molecular formula is C13H10ClNO3S. The summed E-state index contributed by atoms with van der Waals surface area (Å²) in [5.41, 5.74) is 0.754. The number of hydroxylamine groups is 1. The van der Waals surface area contributed by atoms with E-state index in [1.165, 1.54) is 12.1 Å². The van der Waals surface area contributed by atoms with Crippen molar-refractivity contribution in [2.75, 3.05) is 0 Å². The van der Waals surface area contributed by atoms with Crippen LogP contribution in [-0.4, -0.2) is 12.9 Å². The first-order chi connectivity index (χ1) is 9.09. The van der Waals surface area contributed by atoms with Crippen LogP contribution in [0.15, 0.2) is 59.5 Å². The predicted molar refractivity (Wildman–Crippen MR) is 70.7 cm³/mol. The summed E-state index contributed by atoms with van der Waals surface area (Å²) in [6, 6.07) is 15.1. The molecule has 0 aromatic heterocycles. The van der Waals surface area contributed by atoms with Gasteiger partial charge in [0, 0.05) is 10.6 Å². The van der Waals surface area contributed by atoms with Crippen molar-refractivity contribution in [1.29, 1.82) is 0 Å². The maximum absolute atomic E-state index is 12.2. The lowest BCUT2D eigenvalue weighted by molar-refractivity contribution is 0.283. The fourth-order valence-corrected chi connectivity index (χ4v) is 3.16. The monoisotopic (exact) mass is 295 g/mol. The zero-order valence-corrected chi connectivity index (χ0v) is 11.3. The van der Waals surface area contributed by atoms with Gasteiger partial charge in [0.2, 0.25) is 0 Å². The van der Waals surface area contributed by atoms with E-state index >= 15 is 0 Å². The van der Waals surface area contributed by atoms with Gasteiger partial charge in [-0.3, -0.25) is 4.84 Å². The molecule has 1 fully saturated rings. The molecule has 1 aliphatic heterocycles. The summed E-state index contributed by atoms with van der Waals surface area (Å²) in [6.07, 6.45) is -0.567. The normalized spacial score (nSPS) is 22.2. The van der Waals surface area contributed by atoms with Crippen LogP contribution in [0.2, 0.25) is 5.02 Å². The molecule has 0 saturated carbocycles. The van der Waals surface area contributed by atoms with E-state index in [0.29, 0.717) is 5.02 Å². The van der Waals surface area contributed by atoms with Gasteiger partial charge in [0.1, 0.15) is 0 Å². The first-order valence-electron chi connectivity index (χ1n) is 5.61. The second kappa shape index (κ2) is 4.61. The first kappa shape index (κ1) is 12.6. The van der Waals surface area contributed by atoms with E-state index in [2.05, 4.69) is 0 Å². The van der Waals surface area contributed by atoms with Crippen molar-refractivity contribution < 1.29 is 13.3 Å². The minimum Gasteiger partial charge on any atom is -0.253 e. The summed E-state index contributed by atoms with van der Waals surface area (Å²) in [5, 5.41) is 0.599. The molecular weight excluding hydrogens is 286 g/mol. The summed E-state index contributed by atoms with van der Waals surface area (Å²) in [7, 11) is -3.60. The summed E-state index contributed by atoms with van der Waals surface area (Å²) >= 11 is 5.79. The Morgan fingerprint density at radius 1 is 1.00 bits per heavy atom. The molecule has 2 aromatic carbocycles. The number of halogens is 1. The molecule has 0 N–H and O–H groups in total. The Labute approximate surface area is 116 Å². The van der Waals surface area contributed by atoms with Crippen molar-refractivity contribution >= 4 is 21.6 Å². The van der Waals surface area contributed by atoms with Crippen LogP contribution >= 0.6 is 11.6 Å². The summed E-state index contributed by atoms with van der Waals surface area (Å²) in [5.74, 6) is 0. The Hall–Kier alpha value is -1.40. The lowest BCUT2D eigenvalue weighted by atomic mass is 10.2. The van der Waals surface area contributed by atoms with E-state index in [4.69, 9.17) is 16.4 Å². The van der Waals surface area contributed by atoms with E-state index in [1.54, 1.807) is 42.5 Å². The second-order valence-electron chi connectivity index (χ2n) is 4.08. The highest BCUT2D eigenvalue weighted by atomic mass is 35.5. The predicted octanol–water partition coefficient (Wildman–Crippen LogP) is 2.97. The van der Waals surface area contributed by atoms with Gasteiger partial charge < -0.3 is 0 Å². The summed E-state index contributed by atoms with van der Waals surface area (Å²) < 4.78 is 25.4. The van der Waals surface area contributed by atoms with Gasteiger partial charge >= 0.3 is 0 Å². The molecule has 6 heteroatoms. The number of hydrogen-bond acceptors (Lipinski definition) is 3. The third-order valence-corrected chi connectivity index (χ3v) is 4.65. The molecule has 1 saturated heterocycles. The zero-order valence-electron chi connectivity index (χ0n) is 9.73. The number of benzene rings is 2. The van der Waals surface area contributed by atoms with E-state index in [9.17, 15) is 8.42 Å². The van der Waals surface area contributed by atoms with Gasteiger partial charge in [-0.25, -0.2) is 8.42 Å². The van der Waals surface area contributed by atoms with Crippen LogP contribution < -0.4 is 0 Å². The van der Waals surface area contributed by atoms with Gasteiger partial charge in [0.05, 0.1) is 4.90 Å². The van der Waals surface area contributed by atoms with Crippen molar-refractivity contribution in [3.63, 3.8) is 0 Å². The van der Waals surface area contributed by atoms with Crippen molar-refractivity contribution in [2.24, 2.45) is 0 Å². The van der Waals surface area contributed by atoms with Crippen LogP contribution in [0.1, 0.15) is 11.8 Å². The molecule has 1 aliphatic rings. The Balaban J connectivity index is 1.85. The Morgan fingerprint density at radius 2 is 1.63 bits per heavy atom. The van der Waals surface area contributed by atoms with Crippen LogP contribution in [0, 0.1) is 0 Å². The van der Waals surface area contributed by atoms with Gasteiger partial charge in [-0.2, -0.15) is 0 Å². The van der Waals surface area contributed by atoms with Crippen LogP contribution in [-0.2, 0) is 14.9 Å². The fraction of sp³-hybridized carbons (Fsp3) is 0.0769. The smallest absolute Gasteiger partial charge is 0.253 e. The Morgan fingerprint density at radius 3 is 2.26 bits per heavy atom. The SMILES string of the molecule is O=S(=O)(c1ccccc1)N1O[C@@H]1c1ccc(Cl)cc1. The maximum Gasteiger partial charge on any atom is 0.267 e. The van der Waals surface area contributed by atoms with Gasteiger partial charge in [-0.15, -0.1) is 0 Å². The molecule has 2 atom stereocenters. The molecule has 0 bridgehead atoms. The van der Waals surface area contributed by atoms with Crippen molar-refractivity contribution in [2.45, 2.75) is 11.1 Å². The van der Waals surface area contributed by atoms with Crippen molar-refractivity contribution in [3.8, 4) is 0 Å². The molecule has 4 nitrogen and oxygen atoms in total. The van der Waals surface area contributed by atoms with Crippen LogP contribution in [0.25, 0.3) is 0 Å². The van der Waals surface area contributed by atoms with Crippen LogP contribution in [0.4, 0.5) is 0 Å². The Kier molecular flexibility index (Phi) is 3.06. The lowest BCUT2D eigenvalue weighted by Crippen LogP contribution is -2.12. The molecule has 0 aliphatic carbocycles. The Bertz CT molecular complexity index is 686. The molecule has 3 rings (SSSR count). The average molecular weight is 296 g/mol. The average Bonchev–Trinajstić information content (AvgIpc) is 3.22. The number of rotatable bonds is 3. The highest BCUT2D eigenvalue weighted by Gasteiger charge is 2.48. The lowest BCUT2D eigenvalue weighted by Gasteiger charge is -2.01. The number of nitrogens with zero attached hydrogens (tertiary/aromatic N) is 1. The number of sulfonamides is 1. The molecule has 0 amide bonds. The van der Waals surface area contributed by atoms with E-state index in [-0.39, 0.29) is 4.90 Å². The van der Waals surface area contributed by atoms with Crippen LogP contribution in [0.5, 0.6) is 0 Å². The minimum absolute atomic E-state index is 0.214. The van der Waals surface area contributed by atoms with E-state index in [1.807, 2.05) is 0 Å². The third kappa shape index (κ3) is 2.37. The van der Waals surface area contributed by atoms with Crippen molar-refractivity contribution in [1.82, 2.24) is 4.47 Å². The van der Waals surface area contributed by atoms with Gasteiger partial charge in [-0.05, 0) is 28.7 Å². The third-order valence-electron chi connectivity index (χ3n) is 2.78. The standard InChI is InChI=1S/C13H10ClNO3S/c14-11-8-6-10(7-9-11)13-15(18-13)19(16,17)12-4-2-1-3-5-12/h1-9,13H/t13-,15?/m1/s1. The van der Waals surface area contributed by atoms with Crippen molar-refractivity contribution in [3.05, 3.63) is 65.2 Å². The molecule has 0 radical (unpaired) electrons. The fourth-order valence-electron chi connectivity index (χ4n) is 1.76. The molecule has 2 aromatic rings. The first-order valence-corrected chi connectivity index (χ1v) is 7.42. The molecule has 0 spiro atoms.